The maximum Gasteiger partial charge on any atom is 0.0783 e. The summed E-state index contributed by atoms with van der Waals surface area (Å²) in [4.78, 5) is 0. The van der Waals surface area contributed by atoms with E-state index < -0.39 is 0 Å². The van der Waals surface area contributed by atoms with Crippen LogP contribution in [0.4, 0.5) is 0 Å². The molecule has 100 valence electrons. The zero-order chi connectivity index (χ0) is 12.3. The second-order valence-corrected chi connectivity index (χ2v) is 6.82. The molecule has 0 aromatic carbocycles. The molecular formula is C13H25NO2S. The van der Waals surface area contributed by atoms with Gasteiger partial charge in [0.25, 0.3) is 0 Å². The summed E-state index contributed by atoms with van der Waals surface area (Å²) in [6.07, 6.45) is 3.00. The molecule has 0 aromatic rings. The van der Waals surface area contributed by atoms with Gasteiger partial charge >= 0.3 is 0 Å². The molecule has 3 unspecified atom stereocenters. The zero-order valence-corrected chi connectivity index (χ0v) is 11.8. The van der Waals surface area contributed by atoms with E-state index in [1.807, 2.05) is 11.8 Å². The van der Waals surface area contributed by atoms with Crippen molar-refractivity contribution in [1.29, 1.82) is 0 Å². The van der Waals surface area contributed by atoms with E-state index in [1.54, 1.807) is 0 Å². The number of hydrogen-bond donors (Lipinski definition) is 2. The number of thioether (sulfide) groups is 1. The molecule has 3 atom stereocenters. The largest absolute Gasteiger partial charge is 0.392 e. The molecule has 4 heteroatoms. The van der Waals surface area contributed by atoms with Crippen LogP contribution in [0.25, 0.3) is 0 Å². The van der Waals surface area contributed by atoms with Crippen LogP contribution in [-0.4, -0.2) is 47.5 Å². The molecule has 2 aliphatic heterocycles. The predicted octanol–water partition coefficient (Wildman–Crippen LogP) is 1.65. The van der Waals surface area contributed by atoms with Crippen molar-refractivity contribution in [2.24, 2.45) is 5.92 Å². The van der Waals surface area contributed by atoms with E-state index in [9.17, 15) is 5.11 Å². The highest BCUT2D eigenvalue weighted by Crippen LogP contribution is 2.41. The standard InChI is InChI=1S/C13H25NO2S/c1-10(2)14-8-12(15)11-3-5-16-13(7-11)4-6-17-9-13/h10-12,14-15H,3-9H2,1-2H3. The van der Waals surface area contributed by atoms with Gasteiger partial charge in [0.1, 0.15) is 0 Å². The van der Waals surface area contributed by atoms with Crippen LogP contribution in [-0.2, 0) is 4.74 Å². The highest BCUT2D eigenvalue weighted by atomic mass is 32.2. The molecule has 2 heterocycles. The summed E-state index contributed by atoms with van der Waals surface area (Å²) < 4.78 is 5.98. The van der Waals surface area contributed by atoms with E-state index in [0.29, 0.717) is 18.5 Å². The Bertz CT molecular complexity index is 242. The number of aliphatic hydroxyl groups excluding tert-OH is 1. The Morgan fingerprint density at radius 1 is 1.53 bits per heavy atom. The second-order valence-electron chi connectivity index (χ2n) is 5.72. The zero-order valence-electron chi connectivity index (χ0n) is 10.9. The molecular weight excluding hydrogens is 234 g/mol. The van der Waals surface area contributed by atoms with Gasteiger partial charge in [0.05, 0.1) is 11.7 Å². The van der Waals surface area contributed by atoms with E-state index >= 15 is 0 Å². The Balaban J connectivity index is 1.84. The lowest BCUT2D eigenvalue weighted by atomic mass is 9.82. The van der Waals surface area contributed by atoms with Gasteiger partial charge in [-0.15, -0.1) is 0 Å². The highest BCUT2D eigenvalue weighted by Gasteiger charge is 2.42. The molecule has 0 aromatic heterocycles. The van der Waals surface area contributed by atoms with Crippen molar-refractivity contribution in [3.05, 3.63) is 0 Å². The Morgan fingerprint density at radius 3 is 3.00 bits per heavy atom. The van der Waals surface area contributed by atoms with Crippen molar-refractivity contribution in [2.75, 3.05) is 24.7 Å². The number of rotatable bonds is 4. The fourth-order valence-electron chi connectivity index (χ4n) is 2.78. The molecule has 1 spiro atoms. The fraction of sp³-hybridized carbons (Fsp3) is 1.00. The highest BCUT2D eigenvalue weighted by molar-refractivity contribution is 7.99. The molecule has 0 saturated carbocycles. The normalized spacial score (nSPS) is 35.6. The lowest BCUT2D eigenvalue weighted by Gasteiger charge is -2.39. The first-order chi connectivity index (χ1) is 8.11. The number of ether oxygens (including phenoxy) is 1. The van der Waals surface area contributed by atoms with Crippen molar-refractivity contribution >= 4 is 11.8 Å². The second kappa shape index (κ2) is 5.91. The smallest absolute Gasteiger partial charge is 0.0783 e. The molecule has 0 bridgehead atoms. The van der Waals surface area contributed by atoms with Crippen LogP contribution in [0.1, 0.15) is 33.1 Å². The molecule has 0 aliphatic carbocycles. The Kier molecular flexibility index (Phi) is 4.75. The van der Waals surface area contributed by atoms with Crippen LogP contribution in [0.15, 0.2) is 0 Å². The lowest BCUT2D eigenvalue weighted by molar-refractivity contribution is -0.100. The SMILES string of the molecule is CC(C)NCC(O)C1CCOC2(CCSC2)C1. The average molecular weight is 259 g/mol. The summed E-state index contributed by atoms with van der Waals surface area (Å²) >= 11 is 1.99. The van der Waals surface area contributed by atoms with Crippen molar-refractivity contribution in [2.45, 2.75) is 50.9 Å². The molecule has 0 amide bonds. The van der Waals surface area contributed by atoms with Gasteiger partial charge in [0, 0.05) is 24.9 Å². The van der Waals surface area contributed by atoms with Crippen molar-refractivity contribution < 1.29 is 9.84 Å². The van der Waals surface area contributed by atoms with Crippen LogP contribution in [0.5, 0.6) is 0 Å². The first kappa shape index (κ1) is 13.7. The van der Waals surface area contributed by atoms with Gasteiger partial charge < -0.3 is 15.2 Å². The van der Waals surface area contributed by atoms with Crippen LogP contribution in [0.2, 0.25) is 0 Å². The van der Waals surface area contributed by atoms with Gasteiger partial charge in [0.2, 0.25) is 0 Å². The Morgan fingerprint density at radius 2 is 2.35 bits per heavy atom. The summed E-state index contributed by atoms with van der Waals surface area (Å²) in [6, 6.07) is 0.445. The van der Waals surface area contributed by atoms with Gasteiger partial charge in [-0.2, -0.15) is 11.8 Å². The third-order valence-corrected chi connectivity index (χ3v) is 5.10. The fourth-order valence-corrected chi connectivity index (χ4v) is 4.16. The van der Waals surface area contributed by atoms with E-state index in [0.717, 1.165) is 25.2 Å². The number of hydrogen-bond acceptors (Lipinski definition) is 4. The van der Waals surface area contributed by atoms with E-state index in [1.165, 1.54) is 12.2 Å². The van der Waals surface area contributed by atoms with Crippen LogP contribution >= 0.6 is 11.8 Å². The number of aliphatic hydroxyl groups is 1. The topological polar surface area (TPSA) is 41.5 Å². The van der Waals surface area contributed by atoms with Gasteiger partial charge in [-0.3, -0.25) is 0 Å². The van der Waals surface area contributed by atoms with Crippen LogP contribution in [0.3, 0.4) is 0 Å². The van der Waals surface area contributed by atoms with Gasteiger partial charge in [0.15, 0.2) is 0 Å². The minimum atomic E-state index is -0.219. The van der Waals surface area contributed by atoms with Crippen LogP contribution < -0.4 is 5.32 Å². The molecule has 2 rings (SSSR count). The van der Waals surface area contributed by atoms with Crippen molar-refractivity contribution in [1.82, 2.24) is 5.32 Å². The molecule has 2 N–H and O–H groups in total. The van der Waals surface area contributed by atoms with Gasteiger partial charge in [-0.05, 0) is 30.9 Å². The molecule has 3 nitrogen and oxygen atoms in total. The Labute approximate surface area is 109 Å². The van der Waals surface area contributed by atoms with Crippen molar-refractivity contribution in [3.63, 3.8) is 0 Å². The summed E-state index contributed by atoms with van der Waals surface area (Å²) in [5.74, 6) is 2.75. The summed E-state index contributed by atoms with van der Waals surface area (Å²) in [5, 5.41) is 13.6. The molecule has 2 saturated heterocycles. The third-order valence-electron chi connectivity index (χ3n) is 3.88. The molecule has 2 aliphatic rings. The maximum absolute atomic E-state index is 10.2. The monoisotopic (exact) mass is 259 g/mol. The van der Waals surface area contributed by atoms with Crippen molar-refractivity contribution in [3.8, 4) is 0 Å². The lowest BCUT2D eigenvalue weighted by Crippen LogP contribution is -2.46. The third kappa shape index (κ3) is 3.60. The summed E-state index contributed by atoms with van der Waals surface area (Å²) in [6.45, 7) is 5.77. The summed E-state index contributed by atoms with van der Waals surface area (Å²) in [7, 11) is 0. The Hall–Kier alpha value is 0.230. The first-order valence-electron chi connectivity index (χ1n) is 6.74. The maximum atomic E-state index is 10.2. The predicted molar refractivity (Wildman–Crippen MR) is 72.5 cm³/mol. The molecule has 2 fully saturated rings. The van der Waals surface area contributed by atoms with E-state index in [-0.39, 0.29) is 11.7 Å². The van der Waals surface area contributed by atoms with Crippen LogP contribution in [0, 0.1) is 5.92 Å². The van der Waals surface area contributed by atoms with E-state index in [2.05, 4.69) is 19.2 Å². The molecule has 0 radical (unpaired) electrons. The van der Waals surface area contributed by atoms with Gasteiger partial charge in [-0.1, -0.05) is 13.8 Å². The number of nitrogens with one attached hydrogen (secondary N) is 1. The molecule has 17 heavy (non-hydrogen) atoms. The summed E-state index contributed by atoms with van der Waals surface area (Å²) in [5.41, 5.74) is 0.0897. The van der Waals surface area contributed by atoms with Gasteiger partial charge in [-0.25, -0.2) is 0 Å². The minimum absolute atomic E-state index is 0.0897. The first-order valence-corrected chi connectivity index (χ1v) is 7.90. The quantitative estimate of drug-likeness (QED) is 0.805. The van der Waals surface area contributed by atoms with E-state index in [4.69, 9.17) is 4.74 Å². The minimum Gasteiger partial charge on any atom is -0.392 e. The average Bonchev–Trinajstić information content (AvgIpc) is 2.74.